The second kappa shape index (κ2) is 6.78. The molecule has 1 saturated heterocycles. The Morgan fingerprint density at radius 1 is 1.32 bits per heavy atom. The van der Waals surface area contributed by atoms with Gasteiger partial charge in [0.1, 0.15) is 16.9 Å². The van der Waals surface area contributed by atoms with Crippen molar-refractivity contribution in [1.82, 2.24) is 9.47 Å². The van der Waals surface area contributed by atoms with Crippen LogP contribution >= 0.6 is 0 Å². The molecule has 8 nitrogen and oxygen atoms in total. The molecule has 8 heteroatoms. The number of pyridine rings is 1. The standard InChI is InChI=1S/C17H24N2O6/c1-10-6-11(8-18(10)16(23)25-17(2,3)4)19-9-12(15(22)24-5)13(20)7-14(19)21/h7,9-11,20H,6,8H2,1-5H3/t10-,11-/m1/s1. The Labute approximate surface area is 146 Å². The van der Waals surface area contributed by atoms with E-state index in [1.807, 2.05) is 6.92 Å². The molecule has 2 atom stereocenters. The summed E-state index contributed by atoms with van der Waals surface area (Å²) >= 11 is 0. The second-order valence-electron chi connectivity index (χ2n) is 7.18. The molecule has 1 amide bonds. The smallest absolute Gasteiger partial charge is 0.410 e. The monoisotopic (exact) mass is 352 g/mol. The van der Waals surface area contributed by atoms with Crippen LogP contribution in [0.2, 0.25) is 0 Å². The minimum atomic E-state index is -0.735. The van der Waals surface area contributed by atoms with E-state index in [9.17, 15) is 19.5 Å². The van der Waals surface area contributed by atoms with Gasteiger partial charge in [-0.15, -0.1) is 0 Å². The van der Waals surface area contributed by atoms with Crippen LogP contribution in [-0.4, -0.2) is 51.9 Å². The van der Waals surface area contributed by atoms with Gasteiger partial charge in [0.05, 0.1) is 13.2 Å². The van der Waals surface area contributed by atoms with Gasteiger partial charge in [0.25, 0.3) is 5.56 Å². The molecule has 1 aliphatic rings. The zero-order valence-electron chi connectivity index (χ0n) is 15.1. The van der Waals surface area contributed by atoms with Crippen LogP contribution in [0.15, 0.2) is 17.1 Å². The predicted molar refractivity (Wildman–Crippen MR) is 89.8 cm³/mol. The lowest BCUT2D eigenvalue weighted by Gasteiger charge is -2.27. The molecule has 0 unspecified atom stereocenters. The number of hydrogen-bond donors (Lipinski definition) is 1. The quantitative estimate of drug-likeness (QED) is 0.817. The fraction of sp³-hybridized carbons (Fsp3) is 0.588. The number of carbonyl (C=O) groups excluding carboxylic acids is 2. The molecular weight excluding hydrogens is 328 g/mol. The summed E-state index contributed by atoms with van der Waals surface area (Å²) in [5, 5.41) is 9.78. The van der Waals surface area contributed by atoms with Crippen LogP contribution in [0.1, 0.15) is 50.5 Å². The number of hydrogen-bond acceptors (Lipinski definition) is 6. The SMILES string of the molecule is COC(=O)c1cn([C@@H]2C[C@@H](C)N(C(=O)OC(C)(C)C)C2)c(=O)cc1O. The predicted octanol–water partition coefficient (Wildman–Crippen LogP) is 1.91. The molecule has 2 heterocycles. The Morgan fingerprint density at radius 3 is 2.52 bits per heavy atom. The van der Waals surface area contributed by atoms with Gasteiger partial charge in [0.2, 0.25) is 0 Å². The van der Waals surface area contributed by atoms with E-state index in [1.54, 1.807) is 25.7 Å². The first kappa shape index (κ1) is 18.8. The molecule has 1 aromatic rings. The topological polar surface area (TPSA) is 98.1 Å². The average molecular weight is 352 g/mol. The maximum atomic E-state index is 12.3. The van der Waals surface area contributed by atoms with Crippen LogP contribution in [0.5, 0.6) is 5.75 Å². The fourth-order valence-electron chi connectivity index (χ4n) is 2.87. The number of likely N-dealkylation sites (tertiary alicyclic amines) is 1. The number of amides is 1. The van der Waals surface area contributed by atoms with Crippen molar-refractivity contribution in [2.24, 2.45) is 0 Å². The molecule has 2 rings (SSSR count). The van der Waals surface area contributed by atoms with Crippen molar-refractivity contribution in [1.29, 1.82) is 0 Å². The van der Waals surface area contributed by atoms with Crippen LogP contribution in [0.3, 0.4) is 0 Å². The number of carbonyl (C=O) groups is 2. The Bertz CT molecular complexity index is 734. The van der Waals surface area contributed by atoms with E-state index in [4.69, 9.17) is 4.74 Å². The van der Waals surface area contributed by atoms with Crippen molar-refractivity contribution >= 4 is 12.1 Å². The van der Waals surface area contributed by atoms with E-state index < -0.39 is 29.0 Å². The van der Waals surface area contributed by atoms with Crippen LogP contribution in [0.25, 0.3) is 0 Å². The van der Waals surface area contributed by atoms with Crippen molar-refractivity contribution in [3.05, 3.63) is 28.2 Å². The van der Waals surface area contributed by atoms with Crippen molar-refractivity contribution in [3.8, 4) is 5.75 Å². The number of aromatic nitrogens is 1. The Balaban J connectivity index is 2.28. The van der Waals surface area contributed by atoms with Gasteiger partial charge in [-0.2, -0.15) is 0 Å². The van der Waals surface area contributed by atoms with E-state index >= 15 is 0 Å². The lowest BCUT2D eigenvalue weighted by atomic mass is 10.1. The van der Waals surface area contributed by atoms with Gasteiger partial charge >= 0.3 is 12.1 Å². The summed E-state index contributed by atoms with van der Waals surface area (Å²) in [6.45, 7) is 7.51. The Morgan fingerprint density at radius 2 is 1.96 bits per heavy atom. The minimum absolute atomic E-state index is 0.0922. The number of ether oxygens (including phenoxy) is 2. The first-order valence-corrected chi connectivity index (χ1v) is 8.06. The molecule has 138 valence electrons. The lowest BCUT2D eigenvalue weighted by molar-refractivity contribution is 0.0233. The van der Waals surface area contributed by atoms with Gasteiger partial charge < -0.3 is 24.0 Å². The largest absolute Gasteiger partial charge is 0.507 e. The molecule has 0 spiro atoms. The van der Waals surface area contributed by atoms with E-state index in [2.05, 4.69) is 4.74 Å². The second-order valence-corrected chi connectivity index (χ2v) is 7.18. The molecule has 0 radical (unpaired) electrons. The molecule has 0 aliphatic carbocycles. The number of nitrogens with zero attached hydrogens (tertiary/aromatic N) is 2. The molecule has 1 aliphatic heterocycles. The molecule has 25 heavy (non-hydrogen) atoms. The summed E-state index contributed by atoms with van der Waals surface area (Å²) < 4.78 is 11.4. The van der Waals surface area contributed by atoms with Gasteiger partial charge in [-0.05, 0) is 34.1 Å². The summed E-state index contributed by atoms with van der Waals surface area (Å²) in [7, 11) is 1.19. The van der Waals surface area contributed by atoms with Crippen molar-refractivity contribution in [2.45, 2.75) is 51.8 Å². The van der Waals surface area contributed by atoms with Gasteiger partial charge in [0.15, 0.2) is 0 Å². The molecule has 0 aromatic carbocycles. The zero-order valence-corrected chi connectivity index (χ0v) is 15.1. The summed E-state index contributed by atoms with van der Waals surface area (Å²) in [4.78, 5) is 37.8. The van der Waals surface area contributed by atoms with E-state index in [0.29, 0.717) is 6.42 Å². The summed E-state index contributed by atoms with van der Waals surface area (Å²) in [6.07, 6.45) is 1.37. The van der Waals surface area contributed by atoms with E-state index in [1.165, 1.54) is 17.9 Å². The molecule has 0 saturated carbocycles. The van der Waals surface area contributed by atoms with E-state index in [-0.39, 0.29) is 24.2 Å². The highest BCUT2D eigenvalue weighted by Crippen LogP contribution is 2.29. The molecular formula is C17H24N2O6. The van der Waals surface area contributed by atoms with Gasteiger partial charge in [-0.1, -0.05) is 0 Å². The first-order chi connectivity index (χ1) is 11.5. The minimum Gasteiger partial charge on any atom is -0.507 e. The van der Waals surface area contributed by atoms with Crippen molar-refractivity contribution in [3.63, 3.8) is 0 Å². The lowest BCUT2D eigenvalue weighted by Crippen LogP contribution is -2.39. The van der Waals surface area contributed by atoms with Gasteiger partial charge in [-0.3, -0.25) is 4.79 Å². The highest BCUT2D eigenvalue weighted by atomic mass is 16.6. The molecule has 1 fully saturated rings. The normalized spacial score (nSPS) is 20.4. The van der Waals surface area contributed by atoms with Crippen molar-refractivity contribution < 1.29 is 24.2 Å². The average Bonchev–Trinajstić information content (AvgIpc) is 2.86. The third-order valence-electron chi connectivity index (χ3n) is 4.04. The third-order valence-corrected chi connectivity index (χ3v) is 4.04. The number of aromatic hydroxyl groups is 1. The fourth-order valence-corrected chi connectivity index (χ4v) is 2.87. The van der Waals surface area contributed by atoms with Crippen LogP contribution < -0.4 is 5.56 Å². The number of rotatable bonds is 2. The molecule has 1 N–H and O–H groups in total. The Hall–Kier alpha value is -2.51. The van der Waals surface area contributed by atoms with Crippen LogP contribution in [0.4, 0.5) is 4.79 Å². The first-order valence-electron chi connectivity index (χ1n) is 8.06. The van der Waals surface area contributed by atoms with Crippen molar-refractivity contribution in [2.75, 3.05) is 13.7 Å². The van der Waals surface area contributed by atoms with Gasteiger partial charge in [0, 0.05) is 24.8 Å². The maximum absolute atomic E-state index is 12.3. The summed E-state index contributed by atoms with van der Waals surface area (Å²) in [5.41, 5.74) is -1.15. The highest BCUT2D eigenvalue weighted by Gasteiger charge is 2.36. The third kappa shape index (κ3) is 4.12. The number of esters is 1. The Kier molecular flexibility index (Phi) is 5.10. The van der Waals surface area contributed by atoms with E-state index in [0.717, 1.165) is 6.07 Å². The zero-order chi connectivity index (χ0) is 18.9. The van der Waals surface area contributed by atoms with Crippen LogP contribution in [0, 0.1) is 0 Å². The number of methoxy groups -OCH3 is 1. The highest BCUT2D eigenvalue weighted by molar-refractivity contribution is 5.91. The molecule has 0 bridgehead atoms. The summed E-state index contributed by atoms with van der Waals surface area (Å²) in [5.74, 6) is -1.16. The summed E-state index contributed by atoms with van der Waals surface area (Å²) in [6, 6.07) is 0.536. The molecule has 1 aromatic heterocycles. The van der Waals surface area contributed by atoms with Crippen LogP contribution in [-0.2, 0) is 9.47 Å². The maximum Gasteiger partial charge on any atom is 0.410 e. The van der Waals surface area contributed by atoms with Gasteiger partial charge in [-0.25, -0.2) is 9.59 Å².